The minimum atomic E-state index is 0.538. The first kappa shape index (κ1) is 13.6. The molecule has 2 heteroatoms. The molecule has 1 fully saturated rings. The predicted octanol–water partition coefficient (Wildman–Crippen LogP) is 4.81. The minimum absolute atomic E-state index is 0.538. The first-order chi connectivity index (χ1) is 10.8. The largest absolute Gasteiger partial charge is 0.358 e. The Morgan fingerprint density at radius 2 is 1.82 bits per heavy atom. The standard InChI is InChI=1S/C20H22N2/c1-15-20(17-10-5-6-11-18(17)21-15)19-12-7-13-22(19)14-16-8-3-2-4-9-16/h2-6,8-11,19,21H,7,12-14H2,1H3/t19-/m0/s1. The van der Waals surface area contributed by atoms with Crippen molar-refractivity contribution in [3.63, 3.8) is 0 Å². The van der Waals surface area contributed by atoms with Crippen molar-refractivity contribution in [2.24, 2.45) is 0 Å². The van der Waals surface area contributed by atoms with Crippen LogP contribution < -0.4 is 0 Å². The molecule has 0 amide bonds. The molecule has 2 heterocycles. The monoisotopic (exact) mass is 290 g/mol. The van der Waals surface area contributed by atoms with Crippen LogP contribution in [0.3, 0.4) is 0 Å². The van der Waals surface area contributed by atoms with Gasteiger partial charge in [-0.25, -0.2) is 0 Å². The summed E-state index contributed by atoms with van der Waals surface area (Å²) in [7, 11) is 0. The first-order valence-corrected chi connectivity index (χ1v) is 8.18. The zero-order valence-electron chi connectivity index (χ0n) is 13.0. The highest BCUT2D eigenvalue weighted by Crippen LogP contribution is 2.38. The molecular weight excluding hydrogens is 268 g/mol. The van der Waals surface area contributed by atoms with E-state index in [1.165, 1.54) is 47.1 Å². The zero-order chi connectivity index (χ0) is 14.9. The molecule has 0 spiro atoms. The number of rotatable bonds is 3. The summed E-state index contributed by atoms with van der Waals surface area (Å²) in [5, 5.41) is 1.39. The lowest BCUT2D eigenvalue weighted by atomic mass is 10.0. The van der Waals surface area contributed by atoms with Gasteiger partial charge in [-0.1, -0.05) is 48.5 Å². The highest BCUT2D eigenvalue weighted by atomic mass is 15.2. The van der Waals surface area contributed by atoms with Gasteiger partial charge in [0.2, 0.25) is 0 Å². The van der Waals surface area contributed by atoms with Crippen molar-refractivity contribution in [1.82, 2.24) is 9.88 Å². The maximum Gasteiger partial charge on any atom is 0.0459 e. The Morgan fingerprint density at radius 3 is 2.68 bits per heavy atom. The van der Waals surface area contributed by atoms with Crippen molar-refractivity contribution in [3.8, 4) is 0 Å². The second kappa shape index (κ2) is 5.62. The van der Waals surface area contributed by atoms with Crippen molar-refractivity contribution in [1.29, 1.82) is 0 Å². The Bertz CT molecular complexity index is 773. The average Bonchev–Trinajstić information content (AvgIpc) is 3.11. The highest BCUT2D eigenvalue weighted by Gasteiger charge is 2.29. The van der Waals surface area contributed by atoms with Crippen molar-refractivity contribution in [3.05, 3.63) is 71.4 Å². The summed E-state index contributed by atoms with van der Waals surface area (Å²) in [5.74, 6) is 0. The van der Waals surface area contributed by atoms with Gasteiger partial charge in [-0.05, 0) is 43.5 Å². The summed E-state index contributed by atoms with van der Waals surface area (Å²) >= 11 is 0. The molecule has 112 valence electrons. The lowest BCUT2D eigenvalue weighted by Crippen LogP contribution is -2.23. The fourth-order valence-corrected chi connectivity index (χ4v) is 3.89. The minimum Gasteiger partial charge on any atom is -0.358 e. The molecule has 4 rings (SSSR count). The van der Waals surface area contributed by atoms with Gasteiger partial charge in [0.05, 0.1) is 0 Å². The normalized spacial score (nSPS) is 19.0. The predicted molar refractivity (Wildman–Crippen MR) is 91.9 cm³/mol. The Balaban J connectivity index is 1.69. The van der Waals surface area contributed by atoms with Crippen LogP contribution in [0.25, 0.3) is 10.9 Å². The summed E-state index contributed by atoms with van der Waals surface area (Å²) in [5.41, 5.74) is 5.50. The second-order valence-electron chi connectivity index (χ2n) is 6.32. The summed E-state index contributed by atoms with van der Waals surface area (Å²) < 4.78 is 0. The first-order valence-electron chi connectivity index (χ1n) is 8.18. The van der Waals surface area contributed by atoms with E-state index in [0.29, 0.717) is 6.04 Å². The zero-order valence-corrected chi connectivity index (χ0v) is 13.0. The summed E-state index contributed by atoms with van der Waals surface area (Å²) in [6.07, 6.45) is 2.55. The van der Waals surface area contributed by atoms with Crippen molar-refractivity contribution < 1.29 is 0 Å². The molecule has 2 nitrogen and oxygen atoms in total. The molecule has 0 bridgehead atoms. The van der Waals surface area contributed by atoms with Crippen LogP contribution in [0.5, 0.6) is 0 Å². The summed E-state index contributed by atoms with van der Waals surface area (Å²) in [6, 6.07) is 20.1. The molecule has 1 aromatic heterocycles. The van der Waals surface area contributed by atoms with E-state index in [2.05, 4.69) is 71.4 Å². The lowest BCUT2D eigenvalue weighted by Gasteiger charge is -2.25. The molecule has 0 radical (unpaired) electrons. The number of hydrogen-bond acceptors (Lipinski definition) is 1. The molecule has 1 aliphatic rings. The number of aromatic amines is 1. The molecule has 1 N–H and O–H groups in total. The Hall–Kier alpha value is -2.06. The van der Waals surface area contributed by atoms with E-state index in [4.69, 9.17) is 0 Å². The number of hydrogen-bond donors (Lipinski definition) is 1. The van der Waals surface area contributed by atoms with Crippen molar-refractivity contribution in [2.45, 2.75) is 32.4 Å². The van der Waals surface area contributed by atoms with E-state index in [0.717, 1.165) is 6.54 Å². The van der Waals surface area contributed by atoms with Gasteiger partial charge in [0.15, 0.2) is 0 Å². The van der Waals surface area contributed by atoms with E-state index in [9.17, 15) is 0 Å². The Kier molecular flexibility index (Phi) is 3.47. The Labute approximate surface area is 131 Å². The third-order valence-corrected chi connectivity index (χ3v) is 4.87. The molecule has 0 unspecified atom stereocenters. The van der Waals surface area contributed by atoms with Gasteiger partial charge in [0.25, 0.3) is 0 Å². The van der Waals surface area contributed by atoms with Gasteiger partial charge in [-0.3, -0.25) is 4.90 Å². The van der Waals surface area contributed by atoms with E-state index < -0.39 is 0 Å². The molecule has 1 atom stereocenters. The van der Waals surface area contributed by atoms with Gasteiger partial charge in [0.1, 0.15) is 0 Å². The summed E-state index contributed by atoms with van der Waals surface area (Å²) in [4.78, 5) is 6.20. The second-order valence-corrected chi connectivity index (χ2v) is 6.32. The van der Waals surface area contributed by atoms with Crippen LogP contribution in [0.15, 0.2) is 54.6 Å². The number of likely N-dealkylation sites (tertiary alicyclic amines) is 1. The lowest BCUT2D eigenvalue weighted by molar-refractivity contribution is 0.249. The molecule has 1 aliphatic heterocycles. The third kappa shape index (κ3) is 2.34. The van der Waals surface area contributed by atoms with Crippen molar-refractivity contribution in [2.75, 3.05) is 6.54 Å². The fourth-order valence-electron chi connectivity index (χ4n) is 3.89. The molecule has 2 aromatic carbocycles. The number of nitrogens with zero attached hydrogens (tertiary/aromatic N) is 1. The average molecular weight is 290 g/mol. The molecular formula is C20H22N2. The van der Waals surface area contributed by atoms with Crippen LogP contribution in [-0.4, -0.2) is 16.4 Å². The van der Waals surface area contributed by atoms with E-state index in [1.807, 2.05) is 0 Å². The number of aromatic nitrogens is 1. The van der Waals surface area contributed by atoms with Gasteiger partial charge in [0, 0.05) is 29.2 Å². The van der Waals surface area contributed by atoms with Crippen LogP contribution in [0.2, 0.25) is 0 Å². The van der Waals surface area contributed by atoms with Gasteiger partial charge >= 0.3 is 0 Å². The van der Waals surface area contributed by atoms with E-state index >= 15 is 0 Å². The highest BCUT2D eigenvalue weighted by molar-refractivity contribution is 5.85. The number of para-hydroxylation sites is 1. The summed E-state index contributed by atoms with van der Waals surface area (Å²) in [6.45, 7) is 4.46. The smallest absolute Gasteiger partial charge is 0.0459 e. The molecule has 1 saturated heterocycles. The van der Waals surface area contributed by atoms with Crippen molar-refractivity contribution >= 4 is 10.9 Å². The Morgan fingerprint density at radius 1 is 1.05 bits per heavy atom. The molecule has 22 heavy (non-hydrogen) atoms. The quantitative estimate of drug-likeness (QED) is 0.733. The van der Waals surface area contributed by atoms with E-state index in [1.54, 1.807) is 0 Å². The van der Waals surface area contributed by atoms with Gasteiger partial charge in [-0.2, -0.15) is 0 Å². The van der Waals surface area contributed by atoms with Gasteiger partial charge in [-0.15, -0.1) is 0 Å². The van der Waals surface area contributed by atoms with Crippen LogP contribution in [-0.2, 0) is 6.54 Å². The molecule has 0 aliphatic carbocycles. The fraction of sp³-hybridized carbons (Fsp3) is 0.300. The number of H-pyrrole nitrogens is 1. The number of fused-ring (bicyclic) bond motifs is 1. The number of aryl methyl sites for hydroxylation is 1. The van der Waals surface area contributed by atoms with E-state index in [-0.39, 0.29) is 0 Å². The SMILES string of the molecule is Cc1[nH]c2ccccc2c1[C@@H]1CCCN1Cc1ccccc1. The topological polar surface area (TPSA) is 19.0 Å². The molecule has 0 saturated carbocycles. The number of benzene rings is 2. The third-order valence-electron chi connectivity index (χ3n) is 4.87. The number of nitrogens with one attached hydrogen (secondary N) is 1. The molecule has 3 aromatic rings. The maximum atomic E-state index is 3.56. The van der Waals surface area contributed by atoms with Crippen LogP contribution in [0, 0.1) is 6.92 Å². The van der Waals surface area contributed by atoms with Crippen LogP contribution in [0.4, 0.5) is 0 Å². The maximum absolute atomic E-state index is 3.56. The van der Waals surface area contributed by atoms with Crippen LogP contribution in [0.1, 0.15) is 35.7 Å². The van der Waals surface area contributed by atoms with Gasteiger partial charge < -0.3 is 4.98 Å². The van der Waals surface area contributed by atoms with Crippen LogP contribution >= 0.6 is 0 Å².